The molecule has 3 nitrogen and oxygen atoms in total. The lowest BCUT2D eigenvalue weighted by Gasteiger charge is -2.41. The van der Waals surface area contributed by atoms with E-state index in [2.05, 4.69) is 5.32 Å². The van der Waals surface area contributed by atoms with Crippen LogP contribution in [0.15, 0.2) is 18.2 Å². The van der Waals surface area contributed by atoms with Crippen molar-refractivity contribution in [3.63, 3.8) is 0 Å². The average molecular weight is 270 g/mol. The van der Waals surface area contributed by atoms with E-state index in [9.17, 15) is 8.78 Å². The van der Waals surface area contributed by atoms with Gasteiger partial charge in [0.25, 0.3) is 5.92 Å². The maximum Gasteiger partial charge on any atom is 0.253 e. The fourth-order valence-electron chi connectivity index (χ4n) is 2.62. The Hall–Kier alpha value is -1.36. The molecule has 1 unspecified atom stereocenters. The summed E-state index contributed by atoms with van der Waals surface area (Å²) < 4.78 is 32.3. The van der Waals surface area contributed by atoms with Gasteiger partial charge in [0.1, 0.15) is 5.75 Å². The van der Waals surface area contributed by atoms with E-state index >= 15 is 0 Å². The molecular weight excluding hydrogens is 250 g/mol. The Balaban J connectivity index is 2.31. The summed E-state index contributed by atoms with van der Waals surface area (Å²) in [6, 6.07) is 5.72. The highest BCUT2D eigenvalue weighted by molar-refractivity contribution is 5.59. The van der Waals surface area contributed by atoms with E-state index in [-0.39, 0.29) is 19.0 Å². The van der Waals surface area contributed by atoms with Gasteiger partial charge >= 0.3 is 0 Å². The van der Waals surface area contributed by atoms with Crippen molar-refractivity contribution in [2.45, 2.75) is 31.9 Å². The molecule has 0 aromatic heterocycles. The number of rotatable bonds is 3. The van der Waals surface area contributed by atoms with E-state index in [4.69, 9.17) is 4.74 Å². The van der Waals surface area contributed by atoms with Crippen LogP contribution in [0.5, 0.6) is 5.75 Å². The number of hydrogen-bond donors (Lipinski definition) is 1. The molecule has 19 heavy (non-hydrogen) atoms. The Morgan fingerprint density at radius 3 is 2.79 bits per heavy atom. The normalized spacial score (nSPS) is 22.4. The molecule has 106 valence electrons. The molecule has 1 atom stereocenters. The predicted molar refractivity (Wildman–Crippen MR) is 72.1 cm³/mol. The van der Waals surface area contributed by atoms with Gasteiger partial charge < -0.3 is 15.0 Å². The van der Waals surface area contributed by atoms with Crippen molar-refractivity contribution >= 4 is 5.69 Å². The van der Waals surface area contributed by atoms with Crippen LogP contribution in [-0.2, 0) is 0 Å². The van der Waals surface area contributed by atoms with Crippen LogP contribution in [-0.4, -0.2) is 32.8 Å². The number of alkyl halides is 2. The highest BCUT2D eigenvalue weighted by Crippen LogP contribution is 2.36. The number of hydrogen-bond acceptors (Lipinski definition) is 3. The molecule has 1 aliphatic rings. The van der Waals surface area contributed by atoms with Gasteiger partial charge in [-0.2, -0.15) is 0 Å². The Kier molecular flexibility index (Phi) is 3.94. The van der Waals surface area contributed by atoms with Crippen LogP contribution in [0.25, 0.3) is 0 Å². The van der Waals surface area contributed by atoms with E-state index in [1.807, 2.05) is 30.0 Å². The van der Waals surface area contributed by atoms with Gasteiger partial charge in [0, 0.05) is 30.6 Å². The molecule has 2 rings (SSSR count). The molecule has 1 N–H and O–H groups in total. The van der Waals surface area contributed by atoms with Crippen LogP contribution in [0.4, 0.5) is 14.5 Å². The fourth-order valence-corrected chi connectivity index (χ4v) is 2.62. The van der Waals surface area contributed by atoms with Crippen molar-refractivity contribution in [2.24, 2.45) is 0 Å². The Bertz CT molecular complexity index is 451. The van der Waals surface area contributed by atoms with E-state index in [0.717, 1.165) is 17.0 Å². The van der Waals surface area contributed by atoms with Gasteiger partial charge in [0.15, 0.2) is 0 Å². The van der Waals surface area contributed by atoms with Gasteiger partial charge in [0.05, 0.1) is 13.3 Å². The zero-order chi connectivity index (χ0) is 14.0. The summed E-state index contributed by atoms with van der Waals surface area (Å²) in [7, 11) is 3.33. The summed E-state index contributed by atoms with van der Waals surface area (Å²) in [5.41, 5.74) is 1.93. The first-order chi connectivity index (χ1) is 8.98. The molecule has 5 heteroatoms. The van der Waals surface area contributed by atoms with E-state index in [0.29, 0.717) is 6.54 Å². The zero-order valence-electron chi connectivity index (χ0n) is 11.5. The standard InChI is InChI=1S/C14H20F2N2O/c1-10-11(5-4-6-12(10)19-3)18-8-7-14(15,16)9-13(18)17-2/h4-6,13,17H,7-9H2,1-3H3. The minimum absolute atomic E-state index is 0.109. The van der Waals surface area contributed by atoms with Crippen molar-refractivity contribution in [3.8, 4) is 5.75 Å². The summed E-state index contributed by atoms with van der Waals surface area (Å²) in [4.78, 5) is 2.00. The van der Waals surface area contributed by atoms with Crippen molar-refractivity contribution in [2.75, 3.05) is 25.6 Å². The first kappa shape index (κ1) is 14.1. The molecule has 1 aromatic rings. The molecule has 1 saturated heterocycles. The highest BCUT2D eigenvalue weighted by Gasteiger charge is 2.40. The monoisotopic (exact) mass is 270 g/mol. The molecule has 1 fully saturated rings. The van der Waals surface area contributed by atoms with Gasteiger partial charge in [-0.25, -0.2) is 8.78 Å². The second-order valence-electron chi connectivity index (χ2n) is 4.91. The largest absolute Gasteiger partial charge is 0.496 e. The lowest BCUT2D eigenvalue weighted by Crippen LogP contribution is -2.53. The quantitative estimate of drug-likeness (QED) is 0.914. The molecule has 1 heterocycles. The van der Waals surface area contributed by atoms with Crippen LogP contribution in [0, 0.1) is 6.92 Å². The van der Waals surface area contributed by atoms with Crippen molar-refractivity contribution < 1.29 is 13.5 Å². The topological polar surface area (TPSA) is 24.5 Å². The maximum absolute atomic E-state index is 13.5. The number of piperidine rings is 1. The first-order valence-corrected chi connectivity index (χ1v) is 6.44. The Morgan fingerprint density at radius 2 is 2.16 bits per heavy atom. The van der Waals surface area contributed by atoms with E-state index in [1.165, 1.54) is 0 Å². The predicted octanol–water partition coefficient (Wildman–Crippen LogP) is 2.78. The second kappa shape index (κ2) is 5.33. The number of nitrogens with one attached hydrogen (secondary N) is 1. The SMILES string of the molecule is CNC1CC(F)(F)CCN1c1cccc(OC)c1C. The molecule has 0 spiro atoms. The van der Waals surface area contributed by atoms with Crippen molar-refractivity contribution in [1.82, 2.24) is 5.32 Å². The minimum Gasteiger partial charge on any atom is -0.496 e. The third-order valence-corrected chi connectivity index (χ3v) is 3.70. The van der Waals surface area contributed by atoms with Gasteiger partial charge in [-0.15, -0.1) is 0 Å². The summed E-state index contributed by atoms with van der Waals surface area (Å²) in [6.45, 7) is 2.29. The number of benzene rings is 1. The van der Waals surface area contributed by atoms with Crippen molar-refractivity contribution in [3.05, 3.63) is 23.8 Å². The fraction of sp³-hybridized carbons (Fsp3) is 0.571. The van der Waals surface area contributed by atoms with Crippen LogP contribution >= 0.6 is 0 Å². The Morgan fingerprint density at radius 1 is 1.42 bits per heavy atom. The minimum atomic E-state index is -2.59. The molecular formula is C14H20F2N2O. The number of methoxy groups -OCH3 is 1. The molecule has 0 radical (unpaired) electrons. The van der Waals surface area contributed by atoms with Gasteiger partial charge in [-0.3, -0.25) is 0 Å². The third-order valence-electron chi connectivity index (χ3n) is 3.70. The van der Waals surface area contributed by atoms with E-state index < -0.39 is 5.92 Å². The van der Waals surface area contributed by atoms with Gasteiger partial charge in [-0.05, 0) is 26.1 Å². The molecule has 1 aliphatic heterocycles. The maximum atomic E-state index is 13.5. The van der Waals surface area contributed by atoms with E-state index in [1.54, 1.807) is 14.2 Å². The highest BCUT2D eigenvalue weighted by atomic mass is 19.3. The molecule has 0 aliphatic carbocycles. The van der Waals surface area contributed by atoms with Crippen LogP contribution in [0.3, 0.4) is 0 Å². The molecule has 0 bridgehead atoms. The molecule has 1 aromatic carbocycles. The van der Waals surface area contributed by atoms with Crippen molar-refractivity contribution in [1.29, 1.82) is 0 Å². The lowest BCUT2D eigenvalue weighted by molar-refractivity contribution is -0.0365. The summed E-state index contributed by atoms with van der Waals surface area (Å²) in [5, 5.41) is 2.98. The zero-order valence-corrected chi connectivity index (χ0v) is 11.5. The number of ether oxygens (including phenoxy) is 1. The third kappa shape index (κ3) is 2.81. The number of anilines is 1. The number of halogens is 2. The molecule has 0 amide bonds. The van der Waals surface area contributed by atoms with Gasteiger partial charge in [-0.1, -0.05) is 6.07 Å². The first-order valence-electron chi connectivity index (χ1n) is 6.44. The van der Waals surface area contributed by atoms with Crippen LogP contribution in [0.1, 0.15) is 18.4 Å². The Labute approximate surface area is 112 Å². The van der Waals surface area contributed by atoms with Crippen LogP contribution < -0.4 is 15.0 Å². The number of nitrogens with zero attached hydrogens (tertiary/aromatic N) is 1. The van der Waals surface area contributed by atoms with Gasteiger partial charge in [0.2, 0.25) is 0 Å². The van der Waals surface area contributed by atoms with Crippen LogP contribution in [0.2, 0.25) is 0 Å². The lowest BCUT2D eigenvalue weighted by atomic mass is 10.0. The average Bonchev–Trinajstić information content (AvgIpc) is 2.38. The summed E-state index contributed by atoms with van der Waals surface area (Å²) in [5.74, 6) is -1.80. The smallest absolute Gasteiger partial charge is 0.253 e. The molecule has 0 saturated carbocycles. The summed E-state index contributed by atoms with van der Waals surface area (Å²) in [6.07, 6.45) is -0.628. The summed E-state index contributed by atoms with van der Waals surface area (Å²) >= 11 is 0. The second-order valence-corrected chi connectivity index (χ2v) is 4.91.